The summed E-state index contributed by atoms with van der Waals surface area (Å²) in [4.78, 5) is 0. The Balaban J connectivity index is 2.10. The molecule has 0 fully saturated rings. The number of alkyl halides is 1. The summed E-state index contributed by atoms with van der Waals surface area (Å²) in [7, 11) is 1.90. The van der Waals surface area contributed by atoms with Gasteiger partial charge in [0, 0.05) is 30.9 Å². The van der Waals surface area contributed by atoms with E-state index in [1.165, 1.54) is 0 Å². The number of halogens is 1. The molecule has 0 saturated heterocycles. The van der Waals surface area contributed by atoms with Crippen LogP contribution in [0, 0.1) is 13.8 Å². The highest BCUT2D eigenvalue weighted by Crippen LogP contribution is 2.16. The van der Waals surface area contributed by atoms with Crippen molar-refractivity contribution in [3.05, 3.63) is 29.2 Å². The molecule has 0 atom stereocenters. The van der Waals surface area contributed by atoms with Gasteiger partial charge < -0.3 is 5.32 Å². The molecule has 0 bridgehead atoms. The molecule has 0 unspecified atom stereocenters. The third-order valence-electron chi connectivity index (χ3n) is 2.88. The Morgan fingerprint density at radius 1 is 1.39 bits per heavy atom. The second-order valence-electron chi connectivity index (χ2n) is 4.36. The molecule has 0 amide bonds. The highest BCUT2D eigenvalue weighted by molar-refractivity contribution is 5.43. The summed E-state index contributed by atoms with van der Waals surface area (Å²) in [6.07, 6.45) is 3.72. The summed E-state index contributed by atoms with van der Waals surface area (Å²) in [6.45, 7) is 4.46. The first-order valence-electron chi connectivity index (χ1n) is 5.93. The number of hydrogen-bond donors (Lipinski definition) is 1. The first-order valence-corrected chi connectivity index (χ1v) is 5.93. The van der Waals surface area contributed by atoms with Crippen molar-refractivity contribution in [2.75, 3.05) is 12.0 Å². The van der Waals surface area contributed by atoms with Gasteiger partial charge in [0.2, 0.25) is 0 Å². The van der Waals surface area contributed by atoms with Crippen LogP contribution in [0.5, 0.6) is 0 Å². The van der Waals surface area contributed by atoms with Gasteiger partial charge >= 0.3 is 0 Å². The van der Waals surface area contributed by atoms with Crippen molar-refractivity contribution in [2.24, 2.45) is 7.05 Å². The van der Waals surface area contributed by atoms with Crippen molar-refractivity contribution < 1.29 is 4.39 Å². The van der Waals surface area contributed by atoms with E-state index < -0.39 is 6.67 Å². The van der Waals surface area contributed by atoms with Crippen LogP contribution in [-0.4, -0.2) is 26.2 Å². The molecule has 2 aromatic heterocycles. The van der Waals surface area contributed by atoms with Crippen LogP contribution in [0.2, 0.25) is 0 Å². The predicted octanol–water partition coefficient (Wildman–Crippen LogP) is 1.82. The van der Waals surface area contributed by atoms with Gasteiger partial charge in [-0.15, -0.1) is 0 Å². The van der Waals surface area contributed by atoms with E-state index in [1.807, 2.05) is 27.1 Å². The summed E-state index contributed by atoms with van der Waals surface area (Å²) in [6, 6.07) is 0. The van der Waals surface area contributed by atoms with Crippen LogP contribution in [0.25, 0.3) is 0 Å². The summed E-state index contributed by atoms with van der Waals surface area (Å²) in [5, 5.41) is 11.7. The zero-order chi connectivity index (χ0) is 13.1. The van der Waals surface area contributed by atoms with Crippen LogP contribution < -0.4 is 5.32 Å². The molecular weight excluding hydrogens is 233 g/mol. The number of nitrogens with one attached hydrogen (secondary N) is 1. The van der Waals surface area contributed by atoms with Crippen LogP contribution in [0.4, 0.5) is 10.2 Å². The zero-order valence-corrected chi connectivity index (χ0v) is 10.9. The predicted molar refractivity (Wildman–Crippen MR) is 68.2 cm³/mol. The first kappa shape index (κ1) is 12.6. The van der Waals surface area contributed by atoms with Gasteiger partial charge in [-0.2, -0.15) is 10.2 Å². The molecule has 2 rings (SSSR count). The van der Waals surface area contributed by atoms with Crippen LogP contribution in [-0.2, 0) is 20.1 Å². The Morgan fingerprint density at radius 3 is 2.78 bits per heavy atom. The second kappa shape index (κ2) is 5.20. The minimum Gasteiger partial charge on any atom is -0.366 e. The monoisotopic (exact) mass is 251 g/mol. The van der Waals surface area contributed by atoms with Crippen molar-refractivity contribution in [3.63, 3.8) is 0 Å². The molecule has 1 N–H and O–H groups in total. The molecule has 18 heavy (non-hydrogen) atoms. The third kappa shape index (κ3) is 2.52. The first-order chi connectivity index (χ1) is 8.61. The van der Waals surface area contributed by atoms with Gasteiger partial charge in [-0.05, 0) is 13.8 Å². The SMILES string of the molecule is Cc1cnn(CCF)c1NCc1cn(C)nc1C. The minimum atomic E-state index is -0.415. The van der Waals surface area contributed by atoms with E-state index in [0.717, 1.165) is 22.6 Å². The average Bonchev–Trinajstić information content (AvgIpc) is 2.81. The fourth-order valence-corrected chi connectivity index (χ4v) is 1.96. The van der Waals surface area contributed by atoms with Gasteiger partial charge in [0.1, 0.15) is 12.5 Å². The van der Waals surface area contributed by atoms with E-state index in [2.05, 4.69) is 15.5 Å². The van der Waals surface area contributed by atoms with Crippen LogP contribution in [0.15, 0.2) is 12.4 Å². The molecule has 0 saturated carbocycles. The van der Waals surface area contributed by atoms with Crippen LogP contribution in [0.1, 0.15) is 16.8 Å². The Bertz CT molecular complexity index is 529. The molecule has 0 aromatic carbocycles. The van der Waals surface area contributed by atoms with Gasteiger partial charge in [0.15, 0.2) is 0 Å². The lowest BCUT2D eigenvalue weighted by Crippen LogP contribution is -2.10. The van der Waals surface area contributed by atoms with Gasteiger partial charge in [0.05, 0.1) is 18.4 Å². The Kier molecular flexibility index (Phi) is 3.64. The molecule has 0 aliphatic heterocycles. The average molecular weight is 251 g/mol. The molecule has 0 spiro atoms. The van der Waals surface area contributed by atoms with Gasteiger partial charge in [0.25, 0.3) is 0 Å². The number of anilines is 1. The van der Waals surface area contributed by atoms with Gasteiger partial charge in [-0.25, -0.2) is 9.07 Å². The summed E-state index contributed by atoms with van der Waals surface area (Å²) >= 11 is 0. The van der Waals surface area contributed by atoms with E-state index in [1.54, 1.807) is 15.6 Å². The molecule has 0 radical (unpaired) electrons. The van der Waals surface area contributed by atoms with Crippen molar-refractivity contribution in [3.8, 4) is 0 Å². The maximum Gasteiger partial charge on any atom is 0.127 e. The van der Waals surface area contributed by atoms with Crippen molar-refractivity contribution in [2.45, 2.75) is 26.9 Å². The Hall–Kier alpha value is -1.85. The molecule has 5 nitrogen and oxygen atoms in total. The smallest absolute Gasteiger partial charge is 0.127 e. The minimum absolute atomic E-state index is 0.280. The van der Waals surface area contributed by atoms with E-state index in [4.69, 9.17) is 0 Å². The number of aromatic nitrogens is 4. The fraction of sp³-hybridized carbons (Fsp3) is 0.500. The molecule has 6 heteroatoms. The lowest BCUT2D eigenvalue weighted by Gasteiger charge is -2.09. The number of rotatable bonds is 5. The molecule has 2 heterocycles. The molecular formula is C12H18FN5. The maximum atomic E-state index is 12.4. The van der Waals surface area contributed by atoms with E-state index in [0.29, 0.717) is 6.54 Å². The Morgan fingerprint density at radius 2 is 2.17 bits per heavy atom. The van der Waals surface area contributed by atoms with E-state index >= 15 is 0 Å². The maximum absolute atomic E-state index is 12.4. The topological polar surface area (TPSA) is 47.7 Å². The molecule has 0 aliphatic carbocycles. The van der Waals surface area contributed by atoms with Crippen molar-refractivity contribution >= 4 is 5.82 Å². The van der Waals surface area contributed by atoms with Crippen LogP contribution >= 0.6 is 0 Å². The third-order valence-corrected chi connectivity index (χ3v) is 2.88. The largest absolute Gasteiger partial charge is 0.366 e. The number of aryl methyl sites for hydroxylation is 4. The lowest BCUT2D eigenvalue weighted by molar-refractivity contribution is 0.429. The zero-order valence-electron chi connectivity index (χ0n) is 10.9. The lowest BCUT2D eigenvalue weighted by atomic mass is 10.2. The summed E-state index contributed by atoms with van der Waals surface area (Å²) < 4.78 is 15.8. The van der Waals surface area contributed by atoms with Crippen LogP contribution in [0.3, 0.4) is 0 Å². The van der Waals surface area contributed by atoms with E-state index in [9.17, 15) is 4.39 Å². The summed E-state index contributed by atoms with van der Waals surface area (Å²) in [5.41, 5.74) is 3.15. The number of hydrogen-bond acceptors (Lipinski definition) is 3. The van der Waals surface area contributed by atoms with E-state index in [-0.39, 0.29) is 6.54 Å². The highest BCUT2D eigenvalue weighted by atomic mass is 19.1. The normalized spacial score (nSPS) is 10.9. The Labute approximate surface area is 106 Å². The quantitative estimate of drug-likeness (QED) is 0.881. The molecule has 98 valence electrons. The van der Waals surface area contributed by atoms with Crippen molar-refractivity contribution in [1.29, 1.82) is 0 Å². The highest BCUT2D eigenvalue weighted by Gasteiger charge is 2.08. The van der Waals surface area contributed by atoms with Gasteiger partial charge in [-0.1, -0.05) is 0 Å². The molecule has 0 aliphatic rings. The summed E-state index contributed by atoms with van der Waals surface area (Å²) in [5.74, 6) is 0.871. The fourth-order valence-electron chi connectivity index (χ4n) is 1.96. The second-order valence-corrected chi connectivity index (χ2v) is 4.36. The van der Waals surface area contributed by atoms with Gasteiger partial charge in [-0.3, -0.25) is 4.68 Å². The van der Waals surface area contributed by atoms with Crippen molar-refractivity contribution in [1.82, 2.24) is 19.6 Å². The molecule has 2 aromatic rings. The number of nitrogens with zero attached hydrogens (tertiary/aromatic N) is 4. The standard InChI is InChI=1S/C12H18FN5/c1-9-6-15-18(5-4-13)12(9)14-7-11-8-17(3)16-10(11)2/h6,8,14H,4-5,7H2,1-3H3.